The summed E-state index contributed by atoms with van der Waals surface area (Å²) in [6, 6.07) is 6.13. The molecule has 1 atom stereocenters. The molecule has 0 aliphatic carbocycles. The highest BCUT2D eigenvalue weighted by atomic mass is 16.3. The van der Waals surface area contributed by atoms with Crippen LogP contribution in [0.5, 0.6) is 0 Å². The first-order valence-corrected chi connectivity index (χ1v) is 5.32. The lowest BCUT2D eigenvalue weighted by atomic mass is 9.80. The highest BCUT2D eigenvalue weighted by molar-refractivity contribution is 5.33. The van der Waals surface area contributed by atoms with Crippen molar-refractivity contribution in [1.82, 2.24) is 0 Å². The molecule has 3 N–H and O–H groups in total. The number of hydrogen-bond donors (Lipinski definition) is 2. The van der Waals surface area contributed by atoms with Gasteiger partial charge >= 0.3 is 0 Å². The van der Waals surface area contributed by atoms with E-state index in [9.17, 15) is 5.11 Å². The molecule has 0 aliphatic rings. The van der Waals surface area contributed by atoms with E-state index in [1.807, 2.05) is 13.8 Å². The zero-order chi connectivity index (χ0) is 11.6. The Labute approximate surface area is 92.1 Å². The Hall–Kier alpha value is -0.860. The van der Waals surface area contributed by atoms with Crippen LogP contribution in [0.4, 0.5) is 0 Å². The summed E-state index contributed by atoms with van der Waals surface area (Å²) < 4.78 is 0. The van der Waals surface area contributed by atoms with Crippen molar-refractivity contribution in [2.75, 3.05) is 6.61 Å². The van der Waals surface area contributed by atoms with Gasteiger partial charge in [-0.2, -0.15) is 0 Å². The molecule has 1 aromatic carbocycles. The van der Waals surface area contributed by atoms with Crippen molar-refractivity contribution in [2.45, 2.75) is 33.7 Å². The van der Waals surface area contributed by atoms with Crippen LogP contribution in [0.3, 0.4) is 0 Å². The van der Waals surface area contributed by atoms with Gasteiger partial charge in [0.2, 0.25) is 0 Å². The number of aliphatic hydroxyl groups excluding tert-OH is 1. The SMILES string of the molecule is Cc1ccc([C@H](N)C(C)(C)CO)c(C)c1. The van der Waals surface area contributed by atoms with Gasteiger partial charge in [0.15, 0.2) is 0 Å². The first-order chi connectivity index (χ1) is 6.88. The van der Waals surface area contributed by atoms with Crippen LogP contribution in [0.25, 0.3) is 0 Å². The molecule has 0 bridgehead atoms. The first-order valence-electron chi connectivity index (χ1n) is 5.32. The Bertz CT molecular complexity index is 344. The quantitative estimate of drug-likeness (QED) is 0.799. The van der Waals surface area contributed by atoms with Crippen molar-refractivity contribution < 1.29 is 5.11 Å². The lowest BCUT2D eigenvalue weighted by Crippen LogP contribution is -2.32. The van der Waals surface area contributed by atoms with Crippen LogP contribution in [0.2, 0.25) is 0 Å². The third kappa shape index (κ3) is 2.58. The molecular weight excluding hydrogens is 186 g/mol. The molecule has 0 saturated carbocycles. The van der Waals surface area contributed by atoms with Gasteiger partial charge in [-0.25, -0.2) is 0 Å². The number of nitrogens with two attached hydrogens (primary N) is 1. The number of rotatable bonds is 3. The highest BCUT2D eigenvalue weighted by Crippen LogP contribution is 2.32. The number of hydrogen-bond acceptors (Lipinski definition) is 2. The maximum Gasteiger partial charge on any atom is 0.0500 e. The molecule has 0 unspecified atom stereocenters. The molecule has 0 spiro atoms. The lowest BCUT2D eigenvalue weighted by molar-refractivity contribution is 0.132. The maximum absolute atomic E-state index is 9.29. The van der Waals surface area contributed by atoms with Gasteiger partial charge in [0.05, 0.1) is 0 Å². The molecule has 0 amide bonds. The maximum atomic E-state index is 9.29. The van der Waals surface area contributed by atoms with E-state index < -0.39 is 0 Å². The standard InChI is InChI=1S/C13H21NO/c1-9-5-6-11(10(2)7-9)12(14)13(3,4)8-15/h5-7,12,15H,8,14H2,1-4H3/t12-/m0/s1. The molecule has 0 saturated heterocycles. The zero-order valence-electron chi connectivity index (χ0n) is 10.0. The second-order valence-corrected chi connectivity index (χ2v) is 4.98. The monoisotopic (exact) mass is 207 g/mol. The van der Waals surface area contributed by atoms with Gasteiger partial charge in [0.1, 0.15) is 0 Å². The molecule has 1 aromatic rings. The predicted molar refractivity (Wildman–Crippen MR) is 63.7 cm³/mol. The summed E-state index contributed by atoms with van der Waals surface area (Å²) in [6.45, 7) is 8.20. The van der Waals surface area contributed by atoms with Crippen LogP contribution >= 0.6 is 0 Å². The van der Waals surface area contributed by atoms with Crippen LogP contribution in [-0.4, -0.2) is 11.7 Å². The molecule has 0 fully saturated rings. The van der Waals surface area contributed by atoms with Crippen molar-refractivity contribution >= 4 is 0 Å². The second-order valence-electron chi connectivity index (χ2n) is 4.98. The van der Waals surface area contributed by atoms with E-state index in [0.29, 0.717) is 0 Å². The van der Waals surface area contributed by atoms with E-state index in [1.165, 1.54) is 11.1 Å². The normalized spacial score (nSPS) is 14.0. The van der Waals surface area contributed by atoms with Gasteiger partial charge in [-0.1, -0.05) is 37.6 Å². The van der Waals surface area contributed by atoms with E-state index in [1.54, 1.807) is 0 Å². The number of aryl methyl sites for hydroxylation is 2. The van der Waals surface area contributed by atoms with E-state index >= 15 is 0 Å². The topological polar surface area (TPSA) is 46.2 Å². The molecular formula is C13H21NO. The highest BCUT2D eigenvalue weighted by Gasteiger charge is 2.27. The molecule has 2 nitrogen and oxygen atoms in total. The molecule has 0 aromatic heterocycles. The molecule has 84 valence electrons. The van der Waals surface area contributed by atoms with E-state index in [-0.39, 0.29) is 18.1 Å². The minimum atomic E-state index is -0.278. The summed E-state index contributed by atoms with van der Waals surface area (Å²) in [7, 11) is 0. The fourth-order valence-corrected chi connectivity index (χ4v) is 1.69. The number of benzene rings is 1. The summed E-state index contributed by atoms with van der Waals surface area (Å²) >= 11 is 0. The zero-order valence-corrected chi connectivity index (χ0v) is 10.0. The van der Waals surface area contributed by atoms with Gasteiger partial charge in [0, 0.05) is 18.1 Å². The second kappa shape index (κ2) is 4.33. The summed E-state index contributed by atoms with van der Waals surface area (Å²) in [5.41, 5.74) is 9.46. The van der Waals surface area contributed by atoms with Crippen LogP contribution in [0.15, 0.2) is 18.2 Å². The molecule has 0 aliphatic heterocycles. The van der Waals surface area contributed by atoms with Crippen molar-refractivity contribution in [3.63, 3.8) is 0 Å². The van der Waals surface area contributed by atoms with Crippen LogP contribution in [-0.2, 0) is 0 Å². The molecule has 0 radical (unpaired) electrons. The minimum absolute atomic E-state index is 0.0987. The van der Waals surface area contributed by atoms with Crippen molar-refractivity contribution in [2.24, 2.45) is 11.1 Å². The van der Waals surface area contributed by atoms with E-state index in [4.69, 9.17) is 5.73 Å². The van der Waals surface area contributed by atoms with Gasteiger partial charge in [-0.3, -0.25) is 0 Å². The van der Waals surface area contributed by atoms with Gasteiger partial charge < -0.3 is 10.8 Å². The fourth-order valence-electron chi connectivity index (χ4n) is 1.69. The molecule has 2 heteroatoms. The molecule has 0 heterocycles. The summed E-state index contributed by atoms with van der Waals surface area (Å²) in [6.07, 6.45) is 0. The van der Waals surface area contributed by atoms with Crippen LogP contribution in [0.1, 0.15) is 36.6 Å². The number of aliphatic hydroxyl groups is 1. The van der Waals surface area contributed by atoms with Gasteiger partial charge in [0.25, 0.3) is 0 Å². The molecule has 15 heavy (non-hydrogen) atoms. The third-order valence-electron chi connectivity index (χ3n) is 3.01. The molecule has 1 rings (SSSR count). The first kappa shape index (κ1) is 12.2. The summed E-state index contributed by atoms with van der Waals surface area (Å²) in [4.78, 5) is 0. The van der Waals surface area contributed by atoms with Gasteiger partial charge in [-0.05, 0) is 25.0 Å². The third-order valence-corrected chi connectivity index (χ3v) is 3.01. The van der Waals surface area contributed by atoms with E-state index in [2.05, 4.69) is 32.0 Å². The Kier molecular flexibility index (Phi) is 3.53. The Morgan fingerprint density at radius 1 is 1.33 bits per heavy atom. The Morgan fingerprint density at radius 2 is 1.93 bits per heavy atom. The van der Waals surface area contributed by atoms with Crippen LogP contribution in [0, 0.1) is 19.3 Å². The van der Waals surface area contributed by atoms with Crippen molar-refractivity contribution in [1.29, 1.82) is 0 Å². The Morgan fingerprint density at radius 3 is 2.40 bits per heavy atom. The van der Waals surface area contributed by atoms with Crippen molar-refractivity contribution in [3.8, 4) is 0 Å². The minimum Gasteiger partial charge on any atom is -0.396 e. The predicted octanol–water partition coefficient (Wildman–Crippen LogP) is 2.32. The van der Waals surface area contributed by atoms with Crippen molar-refractivity contribution in [3.05, 3.63) is 34.9 Å². The average Bonchev–Trinajstić information content (AvgIpc) is 2.17. The average molecular weight is 207 g/mol. The van der Waals surface area contributed by atoms with Crippen LogP contribution < -0.4 is 5.73 Å². The summed E-state index contributed by atoms with van der Waals surface area (Å²) in [5.74, 6) is 0. The lowest BCUT2D eigenvalue weighted by Gasteiger charge is -2.30. The Balaban J connectivity index is 3.06. The summed E-state index contributed by atoms with van der Waals surface area (Å²) in [5, 5.41) is 9.29. The fraction of sp³-hybridized carbons (Fsp3) is 0.538. The largest absolute Gasteiger partial charge is 0.396 e. The smallest absolute Gasteiger partial charge is 0.0500 e. The van der Waals surface area contributed by atoms with E-state index in [0.717, 1.165) is 5.56 Å². The van der Waals surface area contributed by atoms with Gasteiger partial charge in [-0.15, -0.1) is 0 Å².